The van der Waals surface area contributed by atoms with E-state index in [0.29, 0.717) is 23.4 Å². The van der Waals surface area contributed by atoms with Gasteiger partial charge < -0.3 is 15.0 Å². The summed E-state index contributed by atoms with van der Waals surface area (Å²) in [6, 6.07) is 7.78. The molecule has 0 radical (unpaired) electrons. The topological polar surface area (TPSA) is 101 Å². The summed E-state index contributed by atoms with van der Waals surface area (Å²) in [6.45, 7) is 10.3. The largest absolute Gasteiger partial charge is 0.378 e. The van der Waals surface area contributed by atoms with Crippen LogP contribution >= 0.6 is 11.5 Å². The molecule has 1 aliphatic heterocycles. The smallest absolute Gasteiger partial charge is 0.251 e. The van der Waals surface area contributed by atoms with E-state index in [1.54, 1.807) is 24.0 Å². The lowest BCUT2D eigenvalue weighted by Gasteiger charge is -2.39. The van der Waals surface area contributed by atoms with Gasteiger partial charge in [-0.15, -0.1) is 0 Å². The van der Waals surface area contributed by atoms with Gasteiger partial charge in [-0.2, -0.15) is 5.10 Å². The fraction of sp³-hybridized carbons (Fsp3) is 0.423. The number of anilines is 1. The fourth-order valence-corrected chi connectivity index (χ4v) is 5.14. The SMILES string of the molecule is CCN(CC)[C@@H](C)CNC(=O)c1cc(-c2cnn3ccc(-c4ccns4)nc23)nc(N2CC(OC)C2)c1. The van der Waals surface area contributed by atoms with Crippen LogP contribution in [0, 0.1) is 0 Å². The molecule has 37 heavy (non-hydrogen) atoms. The first-order valence-corrected chi connectivity index (χ1v) is 13.4. The first-order chi connectivity index (χ1) is 18.0. The Morgan fingerprint density at radius 2 is 2.03 bits per heavy atom. The van der Waals surface area contributed by atoms with Crippen LogP contribution in [-0.2, 0) is 4.74 Å². The molecule has 1 saturated heterocycles. The molecule has 4 aromatic heterocycles. The minimum Gasteiger partial charge on any atom is -0.378 e. The lowest BCUT2D eigenvalue weighted by atomic mass is 10.1. The Labute approximate surface area is 220 Å². The molecule has 1 fully saturated rings. The zero-order chi connectivity index (χ0) is 25.9. The number of nitrogens with one attached hydrogen (secondary N) is 1. The molecule has 194 valence electrons. The summed E-state index contributed by atoms with van der Waals surface area (Å²) >= 11 is 1.39. The minimum atomic E-state index is -0.123. The fourth-order valence-electron chi connectivity index (χ4n) is 4.57. The van der Waals surface area contributed by atoms with Crippen molar-refractivity contribution in [3.05, 3.63) is 48.4 Å². The van der Waals surface area contributed by atoms with Crippen LogP contribution in [0.3, 0.4) is 0 Å². The van der Waals surface area contributed by atoms with Gasteiger partial charge in [-0.05, 0) is 55.8 Å². The second-order valence-electron chi connectivity index (χ2n) is 9.16. The van der Waals surface area contributed by atoms with Gasteiger partial charge in [-0.25, -0.2) is 18.9 Å². The van der Waals surface area contributed by atoms with Crippen molar-refractivity contribution in [2.45, 2.75) is 32.9 Å². The Hall–Kier alpha value is -3.41. The van der Waals surface area contributed by atoms with Crippen molar-refractivity contribution in [3.8, 4) is 21.8 Å². The number of ether oxygens (including phenoxy) is 1. The van der Waals surface area contributed by atoms with Gasteiger partial charge in [0.15, 0.2) is 5.65 Å². The summed E-state index contributed by atoms with van der Waals surface area (Å²) in [5.41, 5.74) is 3.48. The van der Waals surface area contributed by atoms with Crippen molar-refractivity contribution < 1.29 is 9.53 Å². The third-order valence-corrected chi connectivity index (χ3v) is 7.68. The molecule has 1 amide bonds. The van der Waals surface area contributed by atoms with Gasteiger partial charge in [-0.3, -0.25) is 9.69 Å². The second-order valence-corrected chi connectivity index (χ2v) is 9.99. The summed E-state index contributed by atoms with van der Waals surface area (Å²) in [5.74, 6) is 0.619. The standard InChI is InChI=1S/C26H32N8O2S/c1-5-32(6-2)17(3)13-27-26(35)18-11-22(30-24(12-18)33-15-19(16-33)36-4)20-14-28-34-10-8-21(31-25(20)34)23-7-9-29-37-23/h7-12,14,17,19H,5-6,13,15-16H2,1-4H3,(H,27,35)/t17-/m0/s1. The first-order valence-electron chi connectivity index (χ1n) is 12.6. The zero-order valence-electron chi connectivity index (χ0n) is 21.6. The number of pyridine rings is 1. The Morgan fingerprint density at radius 1 is 1.22 bits per heavy atom. The van der Waals surface area contributed by atoms with Crippen molar-refractivity contribution in [2.75, 3.05) is 44.7 Å². The maximum atomic E-state index is 13.3. The van der Waals surface area contributed by atoms with Crippen LogP contribution in [0.2, 0.25) is 0 Å². The van der Waals surface area contributed by atoms with Crippen LogP contribution < -0.4 is 10.2 Å². The number of aromatic nitrogens is 5. The Kier molecular flexibility index (Phi) is 7.45. The average Bonchev–Trinajstić information content (AvgIpc) is 3.57. The molecule has 0 unspecified atom stereocenters. The number of hydrogen-bond acceptors (Lipinski definition) is 9. The lowest BCUT2D eigenvalue weighted by Crippen LogP contribution is -2.52. The summed E-state index contributed by atoms with van der Waals surface area (Å²) in [4.78, 5) is 28.5. The summed E-state index contributed by atoms with van der Waals surface area (Å²) < 4.78 is 11.4. The van der Waals surface area contributed by atoms with Crippen molar-refractivity contribution in [1.29, 1.82) is 0 Å². The van der Waals surface area contributed by atoms with E-state index in [9.17, 15) is 4.79 Å². The van der Waals surface area contributed by atoms with Gasteiger partial charge >= 0.3 is 0 Å². The van der Waals surface area contributed by atoms with Crippen LogP contribution in [0.1, 0.15) is 31.1 Å². The van der Waals surface area contributed by atoms with Crippen LogP contribution in [0.4, 0.5) is 5.82 Å². The van der Waals surface area contributed by atoms with Crippen LogP contribution in [0.25, 0.3) is 27.5 Å². The van der Waals surface area contributed by atoms with E-state index in [-0.39, 0.29) is 18.1 Å². The molecule has 0 spiro atoms. The van der Waals surface area contributed by atoms with E-state index in [4.69, 9.17) is 14.7 Å². The van der Waals surface area contributed by atoms with E-state index in [1.807, 2.05) is 30.5 Å². The third kappa shape index (κ3) is 5.20. The number of carbonyl (C=O) groups excluding carboxylic acids is 1. The highest BCUT2D eigenvalue weighted by molar-refractivity contribution is 7.09. The molecule has 0 saturated carbocycles. The number of hydrogen-bond donors (Lipinski definition) is 1. The van der Waals surface area contributed by atoms with Gasteiger partial charge in [-0.1, -0.05) is 13.8 Å². The highest BCUT2D eigenvalue weighted by atomic mass is 32.1. The number of nitrogens with zero attached hydrogens (tertiary/aromatic N) is 7. The Bertz CT molecular complexity index is 1360. The van der Waals surface area contributed by atoms with E-state index >= 15 is 0 Å². The molecule has 0 bridgehead atoms. The molecule has 5 rings (SSSR count). The van der Waals surface area contributed by atoms with Crippen molar-refractivity contribution in [1.82, 2.24) is 34.2 Å². The predicted octanol–water partition coefficient (Wildman–Crippen LogP) is 3.21. The van der Waals surface area contributed by atoms with Crippen LogP contribution in [0.15, 0.2) is 42.9 Å². The van der Waals surface area contributed by atoms with Gasteiger partial charge in [0, 0.05) is 50.7 Å². The molecule has 1 atom stereocenters. The number of methoxy groups -OCH3 is 1. The van der Waals surface area contributed by atoms with Gasteiger partial charge in [0.25, 0.3) is 5.91 Å². The second kappa shape index (κ2) is 10.9. The van der Waals surface area contributed by atoms with Crippen molar-refractivity contribution in [3.63, 3.8) is 0 Å². The lowest BCUT2D eigenvalue weighted by molar-refractivity contribution is 0.0783. The monoisotopic (exact) mass is 520 g/mol. The highest BCUT2D eigenvalue weighted by Crippen LogP contribution is 2.30. The summed E-state index contributed by atoms with van der Waals surface area (Å²) in [7, 11) is 1.72. The maximum Gasteiger partial charge on any atom is 0.251 e. The molecule has 0 aliphatic carbocycles. The minimum absolute atomic E-state index is 0.123. The van der Waals surface area contributed by atoms with E-state index in [0.717, 1.165) is 48.1 Å². The zero-order valence-corrected chi connectivity index (χ0v) is 22.4. The Morgan fingerprint density at radius 3 is 2.73 bits per heavy atom. The number of rotatable bonds is 10. The van der Waals surface area contributed by atoms with Gasteiger partial charge in [0.2, 0.25) is 0 Å². The number of amides is 1. The molecule has 11 heteroatoms. The van der Waals surface area contributed by atoms with Crippen molar-refractivity contribution in [2.24, 2.45) is 0 Å². The molecule has 1 aliphatic rings. The average molecular weight is 521 g/mol. The molecule has 1 N–H and O–H groups in total. The quantitative estimate of drug-likeness (QED) is 0.340. The molecular formula is C26H32N8O2S. The molecule has 0 aromatic carbocycles. The molecule has 10 nitrogen and oxygen atoms in total. The van der Waals surface area contributed by atoms with Gasteiger partial charge in [0.1, 0.15) is 5.82 Å². The van der Waals surface area contributed by atoms with Crippen molar-refractivity contribution >= 4 is 28.9 Å². The third-order valence-electron chi connectivity index (χ3n) is 6.91. The van der Waals surface area contributed by atoms with E-state index in [2.05, 4.69) is 45.4 Å². The summed E-state index contributed by atoms with van der Waals surface area (Å²) in [6.07, 6.45) is 5.56. The number of fused-ring (bicyclic) bond motifs is 1. The number of likely N-dealkylation sites (N-methyl/N-ethyl adjacent to an activating group) is 1. The van der Waals surface area contributed by atoms with Crippen LogP contribution in [-0.4, -0.2) is 86.7 Å². The maximum absolute atomic E-state index is 13.3. The highest BCUT2D eigenvalue weighted by Gasteiger charge is 2.29. The van der Waals surface area contributed by atoms with Gasteiger partial charge in [0.05, 0.1) is 34.1 Å². The summed E-state index contributed by atoms with van der Waals surface area (Å²) in [5, 5.41) is 7.60. The normalized spacial score (nSPS) is 14.8. The van der Waals surface area contributed by atoms with E-state index < -0.39 is 0 Å². The molecule has 5 heterocycles. The van der Waals surface area contributed by atoms with E-state index in [1.165, 1.54) is 11.5 Å². The first kappa shape index (κ1) is 25.2. The Balaban J connectivity index is 1.49. The predicted molar refractivity (Wildman–Crippen MR) is 145 cm³/mol. The van der Waals surface area contributed by atoms with Crippen LogP contribution in [0.5, 0.6) is 0 Å². The number of carbonyl (C=O) groups is 1. The molecule has 4 aromatic rings. The molecular weight excluding hydrogens is 488 g/mol.